The zero-order chi connectivity index (χ0) is 15.4. The third-order valence-electron chi connectivity index (χ3n) is 5.92. The Morgan fingerprint density at radius 1 is 1.43 bits per heavy atom. The van der Waals surface area contributed by atoms with Crippen LogP contribution in [0.5, 0.6) is 0 Å². The van der Waals surface area contributed by atoms with E-state index in [0.717, 1.165) is 28.0 Å². The Labute approximate surface area is 130 Å². The summed E-state index contributed by atoms with van der Waals surface area (Å²) in [4.78, 5) is 16.6. The molecule has 1 aromatic rings. The maximum atomic E-state index is 11.5. The molecule has 2 bridgehead atoms. The number of fused-ring (bicyclic) bond motifs is 2. The number of ketones is 1. The Kier molecular flexibility index (Phi) is 3.24. The van der Waals surface area contributed by atoms with E-state index in [1.807, 2.05) is 6.92 Å². The van der Waals surface area contributed by atoms with E-state index < -0.39 is 0 Å². The number of hydrogen-bond acceptors (Lipinski definition) is 5. The van der Waals surface area contributed by atoms with Crippen LogP contribution in [0, 0.1) is 23.7 Å². The van der Waals surface area contributed by atoms with Crippen LogP contribution in [0.1, 0.15) is 62.3 Å². The molecule has 1 aromatic heterocycles. The lowest BCUT2D eigenvalue weighted by atomic mass is 9.70. The van der Waals surface area contributed by atoms with Gasteiger partial charge in [-0.3, -0.25) is 10.2 Å². The van der Waals surface area contributed by atoms with Crippen molar-refractivity contribution in [3.63, 3.8) is 0 Å². The van der Waals surface area contributed by atoms with Gasteiger partial charge in [0.15, 0.2) is 5.78 Å². The summed E-state index contributed by atoms with van der Waals surface area (Å²) < 4.78 is 0. The van der Waals surface area contributed by atoms with Gasteiger partial charge in [-0.25, -0.2) is 4.98 Å². The Balaban J connectivity index is 1.82. The Bertz CT molecular complexity index is 631. The Morgan fingerprint density at radius 2 is 2.14 bits per heavy atom. The molecule has 4 nitrogen and oxygen atoms in total. The molecular weight excluding hydrogens is 282 g/mol. The van der Waals surface area contributed by atoms with Gasteiger partial charge in [0.2, 0.25) is 5.13 Å². The number of hydrogen-bond donors (Lipinski definition) is 1. The highest BCUT2D eigenvalue weighted by Crippen LogP contribution is 2.63. The average Bonchev–Trinajstić information content (AvgIpc) is 2.93. The van der Waals surface area contributed by atoms with Gasteiger partial charge < -0.3 is 0 Å². The van der Waals surface area contributed by atoms with Gasteiger partial charge in [-0.05, 0) is 37.5 Å². The van der Waals surface area contributed by atoms with Crippen molar-refractivity contribution in [2.24, 2.45) is 21.8 Å². The minimum Gasteiger partial charge on any atom is -0.294 e. The van der Waals surface area contributed by atoms with Crippen LogP contribution in [0.3, 0.4) is 0 Å². The SMILES string of the molecule is CC(=O)c1sc(N/N=C2\C[C@H]3CC[C@@]2(C)C3(C)C)nc1C. The molecule has 5 heteroatoms. The molecule has 2 aliphatic rings. The van der Waals surface area contributed by atoms with Gasteiger partial charge in [-0.15, -0.1) is 0 Å². The fourth-order valence-corrected chi connectivity index (χ4v) is 4.79. The second-order valence-corrected chi connectivity index (χ2v) is 8.15. The molecule has 2 aliphatic carbocycles. The zero-order valence-corrected chi connectivity index (χ0v) is 14.2. The number of aryl methyl sites for hydroxylation is 1. The Hall–Kier alpha value is -1.23. The summed E-state index contributed by atoms with van der Waals surface area (Å²) in [6.07, 6.45) is 3.62. The van der Waals surface area contributed by atoms with E-state index in [1.165, 1.54) is 29.9 Å². The van der Waals surface area contributed by atoms with Crippen molar-refractivity contribution in [2.75, 3.05) is 5.43 Å². The van der Waals surface area contributed by atoms with Crippen LogP contribution in [-0.2, 0) is 0 Å². The molecule has 0 aliphatic heterocycles. The van der Waals surface area contributed by atoms with Gasteiger partial charge in [-0.1, -0.05) is 32.1 Å². The first-order valence-corrected chi connectivity index (χ1v) is 8.39. The lowest BCUT2D eigenvalue weighted by Crippen LogP contribution is -2.32. The minimum atomic E-state index is 0.0683. The highest BCUT2D eigenvalue weighted by molar-refractivity contribution is 7.17. The van der Waals surface area contributed by atoms with Crippen LogP contribution >= 0.6 is 11.3 Å². The number of hydrazone groups is 1. The molecule has 2 saturated carbocycles. The molecule has 2 fully saturated rings. The van der Waals surface area contributed by atoms with Crippen LogP contribution in [0.25, 0.3) is 0 Å². The van der Waals surface area contributed by atoms with E-state index in [1.54, 1.807) is 6.92 Å². The predicted octanol–water partition coefficient (Wildman–Crippen LogP) is 4.27. The van der Waals surface area contributed by atoms with Crippen molar-refractivity contribution in [1.29, 1.82) is 0 Å². The fourth-order valence-electron chi connectivity index (χ4n) is 3.98. The first-order valence-electron chi connectivity index (χ1n) is 7.57. The standard InChI is InChI=1S/C16H23N3OS/c1-9-13(10(2)20)21-14(17-9)19-18-12-8-11-6-7-16(12,5)15(11,3)4/h11H,6-8H2,1-5H3,(H,17,19)/b18-12+/t11-,16-/m1/s1. The summed E-state index contributed by atoms with van der Waals surface area (Å²) in [5.74, 6) is 0.813. The van der Waals surface area contributed by atoms with Crippen molar-refractivity contribution in [2.45, 2.75) is 53.9 Å². The molecule has 1 heterocycles. The fraction of sp³-hybridized carbons (Fsp3) is 0.688. The van der Waals surface area contributed by atoms with E-state index in [0.29, 0.717) is 5.41 Å². The van der Waals surface area contributed by atoms with Crippen LogP contribution in [0.15, 0.2) is 5.10 Å². The number of carbonyl (C=O) groups is 1. The second-order valence-electron chi connectivity index (χ2n) is 7.15. The molecule has 3 rings (SSSR count). The summed E-state index contributed by atoms with van der Waals surface area (Å²) in [7, 11) is 0. The molecule has 114 valence electrons. The summed E-state index contributed by atoms with van der Waals surface area (Å²) >= 11 is 1.39. The van der Waals surface area contributed by atoms with Gasteiger partial charge in [0.1, 0.15) is 0 Å². The summed E-state index contributed by atoms with van der Waals surface area (Å²) in [6, 6.07) is 0. The van der Waals surface area contributed by atoms with Crippen LogP contribution in [0.4, 0.5) is 5.13 Å². The van der Waals surface area contributed by atoms with Crippen LogP contribution < -0.4 is 5.43 Å². The number of nitrogens with zero attached hydrogens (tertiary/aromatic N) is 2. The molecule has 0 aromatic carbocycles. The average molecular weight is 305 g/mol. The molecule has 1 N–H and O–H groups in total. The topological polar surface area (TPSA) is 54.4 Å². The van der Waals surface area contributed by atoms with Gasteiger partial charge in [0, 0.05) is 18.1 Å². The molecule has 0 amide bonds. The summed E-state index contributed by atoms with van der Waals surface area (Å²) in [5.41, 5.74) is 5.67. The molecule has 21 heavy (non-hydrogen) atoms. The lowest BCUT2D eigenvalue weighted by molar-refractivity contribution is 0.102. The van der Waals surface area contributed by atoms with Crippen LogP contribution in [0.2, 0.25) is 0 Å². The number of anilines is 1. The normalized spacial score (nSPS) is 31.9. The maximum Gasteiger partial charge on any atom is 0.204 e. The number of thiazole rings is 1. The van der Waals surface area contributed by atoms with Gasteiger partial charge in [0.05, 0.1) is 10.6 Å². The third kappa shape index (κ3) is 2.05. The molecule has 0 saturated heterocycles. The molecule has 2 atom stereocenters. The number of aromatic nitrogens is 1. The summed E-state index contributed by atoms with van der Waals surface area (Å²) in [5, 5.41) is 5.38. The van der Waals surface area contributed by atoms with Gasteiger partial charge >= 0.3 is 0 Å². The van der Waals surface area contributed by atoms with Crippen molar-refractivity contribution < 1.29 is 4.79 Å². The molecular formula is C16H23N3OS. The number of Topliss-reactive ketones (excluding diaryl/α,β-unsaturated/α-hetero) is 1. The first-order chi connectivity index (χ1) is 9.75. The number of rotatable bonds is 3. The largest absolute Gasteiger partial charge is 0.294 e. The van der Waals surface area contributed by atoms with Crippen molar-refractivity contribution >= 4 is 28.0 Å². The zero-order valence-electron chi connectivity index (χ0n) is 13.4. The highest BCUT2D eigenvalue weighted by Gasteiger charge is 2.59. The first kappa shape index (κ1) is 14.7. The van der Waals surface area contributed by atoms with Gasteiger partial charge in [-0.2, -0.15) is 5.10 Å². The van der Waals surface area contributed by atoms with Crippen molar-refractivity contribution in [3.05, 3.63) is 10.6 Å². The smallest absolute Gasteiger partial charge is 0.204 e. The lowest BCUT2D eigenvalue weighted by Gasteiger charge is -2.34. The third-order valence-corrected chi connectivity index (χ3v) is 7.08. The predicted molar refractivity (Wildman–Crippen MR) is 87.1 cm³/mol. The van der Waals surface area contributed by atoms with E-state index >= 15 is 0 Å². The molecule has 0 unspecified atom stereocenters. The molecule has 0 spiro atoms. The second kappa shape index (κ2) is 4.63. The highest BCUT2D eigenvalue weighted by atomic mass is 32.1. The summed E-state index contributed by atoms with van der Waals surface area (Å²) in [6.45, 7) is 10.5. The quantitative estimate of drug-likeness (QED) is 0.670. The number of carbonyl (C=O) groups excluding carboxylic acids is 1. The van der Waals surface area contributed by atoms with Gasteiger partial charge in [0.25, 0.3) is 0 Å². The Morgan fingerprint density at radius 3 is 2.62 bits per heavy atom. The maximum absolute atomic E-state index is 11.5. The monoisotopic (exact) mass is 305 g/mol. The van der Waals surface area contributed by atoms with E-state index in [-0.39, 0.29) is 11.2 Å². The van der Waals surface area contributed by atoms with E-state index in [9.17, 15) is 4.79 Å². The van der Waals surface area contributed by atoms with E-state index in [2.05, 4.69) is 36.3 Å². The van der Waals surface area contributed by atoms with Crippen molar-refractivity contribution in [1.82, 2.24) is 4.98 Å². The van der Waals surface area contributed by atoms with E-state index in [4.69, 9.17) is 0 Å². The number of nitrogens with one attached hydrogen (secondary N) is 1. The van der Waals surface area contributed by atoms with Crippen LogP contribution in [-0.4, -0.2) is 16.5 Å². The molecule has 0 radical (unpaired) electrons. The van der Waals surface area contributed by atoms with Crippen molar-refractivity contribution in [3.8, 4) is 0 Å². The minimum absolute atomic E-state index is 0.0683.